The molecule has 7 nitrogen and oxygen atoms in total. The number of hydrogen-bond acceptors (Lipinski definition) is 5. The molecule has 7 heteroatoms. The number of carbonyl (C=O) groups is 2. The molecule has 1 aromatic carbocycles. The largest absolute Gasteiger partial charge is 0.497 e. The SMILES string of the molecule is COc1cccc(COC(C)C(=O)NC2(C(=O)O)CCOC2)c1. The second-order valence-electron chi connectivity index (χ2n) is 5.48. The average molecular weight is 323 g/mol. The van der Waals surface area contributed by atoms with E-state index < -0.39 is 23.5 Å². The molecule has 0 bridgehead atoms. The van der Waals surface area contributed by atoms with E-state index in [9.17, 15) is 14.7 Å². The van der Waals surface area contributed by atoms with Gasteiger partial charge >= 0.3 is 5.97 Å². The van der Waals surface area contributed by atoms with Crippen molar-refractivity contribution in [1.82, 2.24) is 5.32 Å². The Kier molecular flexibility index (Phi) is 5.57. The van der Waals surface area contributed by atoms with Gasteiger partial charge in [-0.3, -0.25) is 4.79 Å². The van der Waals surface area contributed by atoms with Crippen LogP contribution in [-0.4, -0.2) is 48.9 Å². The van der Waals surface area contributed by atoms with E-state index in [1.165, 1.54) is 0 Å². The average Bonchev–Trinajstić information content (AvgIpc) is 3.02. The summed E-state index contributed by atoms with van der Waals surface area (Å²) >= 11 is 0. The lowest BCUT2D eigenvalue weighted by Gasteiger charge is -2.25. The molecule has 0 spiro atoms. The normalized spacial score (nSPS) is 21.7. The molecule has 23 heavy (non-hydrogen) atoms. The van der Waals surface area contributed by atoms with E-state index in [0.29, 0.717) is 12.4 Å². The third kappa shape index (κ3) is 4.20. The van der Waals surface area contributed by atoms with Crippen LogP contribution in [0.4, 0.5) is 0 Å². The van der Waals surface area contributed by atoms with Crippen LogP contribution in [0.25, 0.3) is 0 Å². The summed E-state index contributed by atoms with van der Waals surface area (Å²) in [7, 11) is 1.57. The monoisotopic (exact) mass is 323 g/mol. The molecule has 1 saturated heterocycles. The Bertz CT molecular complexity index is 567. The maximum absolute atomic E-state index is 12.2. The Balaban J connectivity index is 1.90. The molecule has 126 valence electrons. The summed E-state index contributed by atoms with van der Waals surface area (Å²) in [5.74, 6) is -0.861. The summed E-state index contributed by atoms with van der Waals surface area (Å²) in [5.41, 5.74) is -0.494. The standard InChI is InChI=1S/C16H21NO6/c1-11(23-9-12-4-3-5-13(8-12)21-2)14(18)17-16(15(19)20)6-7-22-10-16/h3-5,8,11H,6-7,9-10H2,1-2H3,(H,17,18)(H,19,20). The number of amides is 1. The van der Waals surface area contributed by atoms with E-state index in [1.807, 2.05) is 24.3 Å². The van der Waals surface area contributed by atoms with Crippen molar-refractivity contribution in [2.24, 2.45) is 0 Å². The van der Waals surface area contributed by atoms with Crippen molar-refractivity contribution in [1.29, 1.82) is 0 Å². The number of ether oxygens (including phenoxy) is 3. The van der Waals surface area contributed by atoms with Gasteiger partial charge in [-0.1, -0.05) is 12.1 Å². The number of carboxylic acids is 1. The topological polar surface area (TPSA) is 94.1 Å². The fourth-order valence-electron chi connectivity index (χ4n) is 2.28. The zero-order chi connectivity index (χ0) is 16.9. The van der Waals surface area contributed by atoms with Crippen molar-refractivity contribution in [2.75, 3.05) is 20.3 Å². The summed E-state index contributed by atoms with van der Waals surface area (Å²) < 4.78 is 15.8. The van der Waals surface area contributed by atoms with E-state index in [4.69, 9.17) is 14.2 Å². The highest BCUT2D eigenvalue weighted by atomic mass is 16.5. The Hall–Kier alpha value is -2.12. The molecule has 2 N–H and O–H groups in total. The van der Waals surface area contributed by atoms with Crippen LogP contribution in [0.15, 0.2) is 24.3 Å². The molecule has 0 aliphatic carbocycles. The first-order valence-corrected chi connectivity index (χ1v) is 7.34. The Morgan fingerprint density at radius 1 is 1.48 bits per heavy atom. The first kappa shape index (κ1) is 17.2. The van der Waals surface area contributed by atoms with Gasteiger partial charge in [0.1, 0.15) is 11.9 Å². The second kappa shape index (κ2) is 7.43. The highest BCUT2D eigenvalue weighted by Gasteiger charge is 2.44. The van der Waals surface area contributed by atoms with Crippen LogP contribution < -0.4 is 10.1 Å². The maximum Gasteiger partial charge on any atom is 0.331 e. The first-order valence-electron chi connectivity index (χ1n) is 7.34. The molecule has 1 aliphatic rings. The lowest BCUT2D eigenvalue weighted by molar-refractivity contribution is -0.150. The van der Waals surface area contributed by atoms with Crippen LogP contribution in [-0.2, 0) is 25.7 Å². The van der Waals surface area contributed by atoms with Crippen LogP contribution in [0.3, 0.4) is 0 Å². The fraction of sp³-hybridized carbons (Fsp3) is 0.500. The van der Waals surface area contributed by atoms with E-state index in [-0.39, 0.29) is 19.6 Å². The number of methoxy groups -OCH3 is 1. The Morgan fingerprint density at radius 2 is 2.26 bits per heavy atom. The van der Waals surface area contributed by atoms with E-state index in [0.717, 1.165) is 5.56 Å². The third-order valence-corrected chi connectivity index (χ3v) is 3.80. The first-order chi connectivity index (χ1) is 11.0. The molecule has 2 rings (SSSR count). The predicted molar refractivity (Wildman–Crippen MR) is 81.2 cm³/mol. The fourth-order valence-corrected chi connectivity index (χ4v) is 2.28. The van der Waals surface area contributed by atoms with Gasteiger partial charge in [0.15, 0.2) is 5.54 Å². The molecule has 2 unspecified atom stereocenters. The second-order valence-corrected chi connectivity index (χ2v) is 5.48. The quantitative estimate of drug-likeness (QED) is 0.776. The predicted octanol–water partition coefficient (Wildman–Crippen LogP) is 0.960. The van der Waals surface area contributed by atoms with Gasteiger partial charge < -0.3 is 24.6 Å². The minimum Gasteiger partial charge on any atom is -0.497 e. The van der Waals surface area contributed by atoms with Crippen LogP contribution in [0, 0.1) is 0 Å². The molecule has 1 heterocycles. The van der Waals surface area contributed by atoms with Gasteiger partial charge in [-0.05, 0) is 24.6 Å². The van der Waals surface area contributed by atoms with Gasteiger partial charge in [-0.15, -0.1) is 0 Å². The smallest absolute Gasteiger partial charge is 0.331 e. The van der Waals surface area contributed by atoms with Crippen molar-refractivity contribution in [2.45, 2.75) is 31.6 Å². The molecular weight excluding hydrogens is 302 g/mol. The van der Waals surface area contributed by atoms with Gasteiger partial charge in [0, 0.05) is 13.0 Å². The number of benzene rings is 1. The molecule has 1 fully saturated rings. The van der Waals surface area contributed by atoms with Crippen molar-refractivity contribution >= 4 is 11.9 Å². The summed E-state index contributed by atoms with van der Waals surface area (Å²) in [6.07, 6.45) is -0.533. The molecular formula is C16H21NO6. The molecule has 1 aliphatic heterocycles. The molecule has 1 amide bonds. The minimum atomic E-state index is -1.36. The van der Waals surface area contributed by atoms with E-state index in [2.05, 4.69) is 5.32 Å². The molecule has 0 radical (unpaired) electrons. The van der Waals surface area contributed by atoms with Crippen molar-refractivity contribution < 1.29 is 28.9 Å². The van der Waals surface area contributed by atoms with E-state index >= 15 is 0 Å². The van der Waals surface area contributed by atoms with Crippen LogP contribution >= 0.6 is 0 Å². The van der Waals surface area contributed by atoms with Gasteiger partial charge in [-0.2, -0.15) is 0 Å². The number of carbonyl (C=O) groups excluding carboxylic acids is 1. The van der Waals surface area contributed by atoms with Gasteiger partial charge in [0.25, 0.3) is 0 Å². The van der Waals surface area contributed by atoms with Crippen molar-refractivity contribution in [3.63, 3.8) is 0 Å². The van der Waals surface area contributed by atoms with Gasteiger partial charge in [0.05, 0.1) is 20.3 Å². The highest BCUT2D eigenvalue weighted by molar-refractivity contribution is 5.89. The molecule has 1 aromatic rings. The minimum absolute atomic E-state index is 0.0311. The Morgan fingerprint density at radius 3 is 2.87 bits per heavy atom. The highest BCUT2D eigenvalue weighted by Crippen LogP contribution is 2.20. The summed E-state index contributed by atoms with van der Waals surface area (Å²) in [4.78, 5) is 23.6. The van der Waals surface area contributed by atoms with Crippen LogP contribution in [0.5, 0.6) is 5.75 Å². The summed E-state index contributed by atoms with van der Waals surface area (Å²) in [6.45, 7) is 2.09. The number of aliphatic carboxylic acids is 1. The summed E-state index contributed by atoms with van der Waals surface area (Å²) in [6, 6.07) is 7.32. The molecule has 0 aromatic heterocycles. The summed E-state index contributed by atoms with van der Waals surface area (Å²) in [5, 5.41) is 11.8. The lowest BCUT2D eigenvalue weighted by Crippen LogP contribution is -2.57. The zero-order valence-electron chi connectivity index (χ0n) is 13.2. The molecule has 2 atom stereocenters. The lowest BCUT2D eigenvalue weighted by atomic mass is 9.98. The van der Waals surface area contributed by atoms with Gasteiger partial charge in [-0.25, -0.2) is 4.79 Å². The van der Waals surface area contributed by atoms with Crippen LogP contribution in [0.1, 0.15) is 18.9 Å². The van der Waals surface area contributed by atoms with Crippen LogP contribution in [0.2, 0.25) is 0 Å². The van der Waals surface area contributed by atoms with Crippen molar-refractivity contribution in [3.8, 4) is 5.75 Å². The maximum atomic E-state index is 12.2. The van der Waals surface area contributed by atoms with Crippen molar-refractivity contribution in [3.05, 3.63) is 29.8 Å². The molecule has 0 saturated carbocycles. The number of nitrogens with one attached hydrogen (secondary N) is 1. The van der Waals surface area contributed by atoms with E-state index in [1.54, 1.807) is 14.0 Å². The zero-order valence-corrected chi connectivity index (χ0v) is 13.2. The number of rotatable bonds is 7. The number of hydrogen-bond donors (Lipinski definition) is 2. The Labute approximate surface area is 134 Å². The van der Waals surface area contributed by atoms with Gasteiger partial charge in [0.2, 0.25) is 5.91 Å². The number of carboxylic acid groups (broad SMARTS) is 1. The third-order valence-electron chi connectivity index (χ3n) is 3.80.